The van der Waals surface area contributed by atoms with E-state index in [1.807, 2.05) is 0 Å². The third kappa shape index (κ3) is 3.36. The third-order valence-electron chi connectivity index (χ3n) is 3.97. The highest BCUT2D eigenvalue weighted by Crippen LogP contribution is 2.32. The van der Waals surface area contributed by atoms with Gasteiger partial charge in [-0.1, -0.05) is 13.8 Å². The highest BCUT2D eigenvalue weighted by atomic mass is 19.4. The van der Waals surface area contributed by atoms with E-state index in [0.717, 1.165) is 12.5 Å². The molecule has 21 heavy (non-hydrogen) atoms. The zero-order valence-electron chi connectivity index (χ0n) is 11.9. The second-order valence-electron chi connectivity index (χ2n) is 5.74. The largest absolute Gasteiger partial charge is 0.419 e. The molecule has 1 unspecified atom stereocenters. The maximum atomic E-state index is 13.2. The molecule has 1 atom stereocenters. The van der Waals surface area contributed by atoms with Crippen LogP contribution in [0.1, 0.15) is 36.2 Å². The van der Waals surface area contributed by atoms with E-state index in [4.69, 9.17) is 0 Å². The number of nitrogens with zero attached hydrogens (tertiary/aromatic N) is 1. The zero-order valence-corrected chi connectivity index (χ0v) is 11.9. The quantitative estimate of drug-likeness (QED) is 0.757. The first-order valence-electron chi connectivity index (χ1n) is 6.86. The monoisotopic (exact) mass is 303 g/mol. The van der Waals surface area contributed by atoms with Crippen molar-refractivity contribution in [2.45, 2.75) is 26.4 Å². The minimum atomic E-state index is -4.80. The number of benzene rings is 1. The lowest BCUT2D eigenvalue weighted by Crippen LogP contribution is -2.29. The number of hydrogen-bond acceptors (Lipinski definition) is 1. The van der Waals surface area contributed by atoms with Crippen molar-refractivity contribution in [1.29, 1.82) is 0 Å². The van der Waals surface area contributed by atoms with E-state index in [1.54, 1.807) is 0 Å². The van der Waals surface area contributed by atoms with E-state index in [-0.39, 0.29) is 5.56 Å². The molecule has 1 saturated heterocycles. The first-order valence-corrected chi connectivity index (χ1v) is 6.86. The highest BCUT2D eigenvalue weighted by Gasteiger charge is 2.35. The fraction of sp³-hybridized carbons (Fsp3) is 0.533. The van der Waals surface area contributed by atoms with E-state index in [1.165, 1.54) is 4.90 Å². The lowest BCUT2D eigenvalue weighted by Gasteiger charge is -2.19. The van der Waals surface area contributed by atoms with Crippen LogP contribution in [0.5, 0.6) is 0 Å². The van der Waals surface area contributed by atoms with Crippen LogP contribution >= 0.6 is 0 Å². The number of alkyl halides is 3. The molecule has 1 aromatic rings. The Labute approximate surface area is 120 Å². The summed E-state index contributed by atoms with van der Waals surface area (Å²) in [6.07, 6.45) is -3.96. The van der Waals surface area contributed by atoms with Gasteiger partial charge in [-0.05, 0) is 36.5 Å². The van der Waals surface area contributed by atoms with Crippen molar-refractivity contribution in [2.24, 2.45) is 11.8 Å². The zero-order chi connectivity index (χ0) is 15.8. The van der Waals surface area contributed by atoms with E-state index < -0.39 is 23.5 Å². The Morgan fingerprint density at radius 3 is 2.52 bits per heavy atom. The summed E-state index contributed by atoms with van der Waals surface area (Å²) in [5, 5.41) is 0. The molecule has 2 nitrogen and oxygen atoms in total. The van der Waals surface area contributed by atoms with Crippen molar-refractivity contribution >= 4 is 5.91 Å². The van der Waals surface area contributed by atoms with Crippen LogP contribution < -0.4 is 0 Å². The molecular weight excluding hydrogens is 286 g/mol. The SMILES string of the molecule is CC(C)C1CCN(C(=O)c2ccc(F)c(C(F)(F)F)c2)C1. The van der Waals surface area contributed by atoms with Gasteiger partial charge in [-0.3, -0.25) is 4.79 Å². The fourth-order valence-electron chi connectivity index (χ4n) is 2.57. The second kappa shape index (κ2) is 5.66. The molecule has 1 aliphatic heterocycles. The predicted octanol–water partition coefficient (Wildman–Crippen LogP) is 3.96. The van der Waals surface area contributed by atoms with Gasteiger partial charge < -0.3 is 4.90 Å². The normalized spacial score (nSPS) is 19.4. The van der Waals surface area contributed by atoms with Crippen LogP contribution in [0.2, 0.25) is 0 Å². The maximum absolute atomic E-state index is 13.2. The van der Waals surface area contributed by atoms with Gasteiger partial charge >= 0.3 is 6.18 Å². The molecule has 1 heterocycles. The van der Waals surface area contributed by atoms with Crippen molar-refractivity contribution < 1.29 is 22.4 Å². The molecule has 1 amide bonds. The second-order valence-corrected chi connectivity index (χ2v) is 5.74. The van der Waals surface area contributed by atoms with Crippen LogP contribution in [0.3, 0.4) is 0 Å². The minimum absolute atomic E-state index is 0.117. The van der Waals surface area contributed by atoms with Crippen molar-refractivity contribution in [3.8, 4) is 0 Å². The lowest BCUT2D eigenvalue weighted by molar-refractivity contribution is -0.140. The first-order chi connectivity index (χ1) is 9.70. The summed E-state index contributed by atoms with van der Waals surface area (Å²) in [6.45, 7) is 5.17. The van der Waals surface area contributed by atoms with Crippen LogP contribution in [0.4, 0.5) is 17.6 Å². The molecular formula is C15H17F4NO. The van der Waals surface area contributed by atoms with Gasteiger partial charge in [0.25, 0.3) is 5.91 Å². The Kier molecular flexibility index (Phi) is 4.25. The summed E-state index contributed by atoms with van der Waals surface area (Å²) in [6, 6.07) is 2.40. The molecule has 2 rings (SSSR count). The van der Waals surface area contributed by atoms with Gasteiger partial charge in [-0.25, -0.2) is 4.39 Å². The molecule has 1 fully saturated rings. The van der Waals surface area contributed by atoms with E-state index >= 15 is 0 Å². The topological polar surface area (TPSA) is 20.3 Å². The Bertz CT molecular complexity index is 539. The van der Waals surface area contributed by atoms with Gasteiger partial charge in [0.2, 0.25) is 0 Å². The molecule has 6 heteroatoms. The number of carbonyl (C=O) groups excluding carboxylic acids is 1. The summed E-state index contributed by atoms with van der Waals surface area (Å²) in [4.78, 5) is 13.8. The molecule has 1 aliphatic rings. The summed E-state index contributed by atoms with van der Waals surface area (Å²) >= 11 is 0. The number of likely N-dealkylation sites (tertiary alicyclic amines) is 1. The number of hydrogen-bond donors (Lipinski definition) is 0. The molecule has 0 spiro atoms. The number of carbonyl (C=O) groups is 1. The van der Waals surface area contributed by atoms with Gasteiger partial charge in [-0.2, -0.15) is 13.2 Å². The summed E-state index contributed by atoms with van der Waals surface area (Å²) in [5.41, 5.74) is -1.51. The third-order valence-corrected chi connectivity index (χ3v) is 3.97. The van der Waals surface area contributed by atoms with Crippen LogP contribution in [0.25, 0.3) is 0 Å². The Balaban J connectivity index is 2.21. The molecule has 0 bridgehead atoms. The van der Waals surface area contributed by atoms with Crippen molar-refractivity contribution in [1.82, 2.24) is 4.90 Å². The van der Waals surface area contributed by atoms with Crippen LogP contribution in [0.15, 0.2) is 18.2 Å². The van der Waals surface area contributed by atoms with Gasteiger partial charge in [-0.15, -0.1) is 0 Å². The minimum Gasteiger partial charge on any atom is -0.338 e. The van der Waals surface area contributed by atoms with Gasteiger partial charge in [0.1, 0.15) is 5.82 Å². The maximum Gasteiger partial charge on any atom is 0.419 e. The Morgan fingerprint density at radius 1 is 1.33 bits per heavy atom. The van der Waals surface area contributed by atoms with Crippen LogP contribution in [0, 0.1) is 17.7 Å². The smallest absolute Gasteiger partial charge is 0.338 e. The molecule has 0 aliphatic carbocycles. The van der Waals surface area contributed by atoms with Crippen molar-refractivity contribution in [3.05, 3.63) is 35.1 Å². The standard InChI is InChI=1S/C15H17F4NO/c1-9(2)11-5-6-20(8-11)14(21)10-3-4-13(16)12(7-10)15(17,18)19/h3-4,7,9,11H,5-6,8H2,1-2H3. The first kappa shape index (κ1) is 15.8. The number of halogens is 4. The molecule has 116 valence electrons. The molecule has 0 radical (unpaired) electrons. The van der Waals surface area contributed by atoms with Crippen LogP contribution in [-0.4, -0.2) is 23.9 Å². The Morgan fingerprint density at radius 2 is 2.00 bits per heavy atom. The lowest BCUT2D eigenvalue weighted by atomic mass is 9.95. The van der Waals surface area contributed by atoms with Gasteiger partial charge in [0, 0.05) is 18.7 Å². The van der Waals surface area contributed by atoms with E-state index in [9.17, 15) is 22.4 Å². The number of rotatable bonds is 2. The van der Waals surface area contributed by atoms with E-state index in [2.05, 4.69) is 13.8 Å². The average Bonchev–Trinajstić information content (AvgIpc) is 2.86. The molecule has 0 N–H and O–H groups in total. The summed E-state index contributed by atoms with van der Waals surface area (Å²) in [7, 11) is 0. The van der Waals surface area contributed by atoms with E-state index in [0.29, 0.717) is 37.1 Å². The highest BCUT2D eigenvalue weighted by molar-refractivity contribution is 5.94. The molecule has 1 aromatic carbocycles. The van der Waals surface area contributed by atoms with Gasteiger partial charge in [0.05, 0.1) is 5.56 Å². The van der Waals surface area contributed by atoms with Crippen molar-refractivity contribution in [2.75, 3.05) is 13.1 Å². The van der Waals surface area contributed by atoms with Gasteiger partial charge in [0.15, 0.2) is 0 Å². The number of amides is 1. The van der Waals surface area contributed by atoms with Crippen molar-refractivity contribution in [3.63, 3.8) is 0 Å². The summed E-state index contributed by atoms with van der Waals surface area (Å²) < 4.78 is 51.2. The average molecular weight is 303 g/mol. The van der Waals surface area contributed by atoms with Crippen LogP contribution in [-0.2, 0) is 6.18 Å². The predicted molar refractivity (Wildman–Crippen MR) is 70.3 cm³/mol. The Hall–Kier alpha value is -1.59. The summed E-state index contributed by atoms with van der Waals surface area (Å²) in [5.74, 6) is -1.05. The molecule has 0 aromatic heterocycles. The molecule has 0 saturated carbocycles. The fourth-order valence-corrected chi connectivity index (χ4v) is 2.57.